The van der Waals surface area contributed by atoms with E-state index < -0.39 is 5.92 Å². The van der Waals surface area contributed by atoms with Crippen LogP contribution in [0, 0.1) is 0 Å². The number of oxazole rings is 1. The Kier molecular flexibility index (Phi) is 3.76. The van der Waals surface area contributed by atoms with Crippen LogP contribution in [0.4, 0.5) is 8.78 Å². The molecule has 1 fully saturated rings. The van der Waals surface area contributed by atoms with Crippen LogP contribution in [0.1, 0.15) is 43.3 Å². The average molecular weight is 244 g/mol. The maximum Gasteiger partial charge on any atom is 0.248 e. The van der Waals surface area contributed by atoms with Gasteiger partial charge in [0.25, 0.3) is 0 Å². The van der Waals surface area contributed by atoms with E-state index in [1.54, 1.807) is 6.20 Å². The number of rotatable bonds is 4. The van der Waals surface area contributed by atoms with Crippen molar-refractivity contribution in [2.24, 2.45) is 0 Å². The molecule has 96 valence electrons. The highest BCUT2D eigenvalue weighted by Gasteiger charge is 2.36. The lowest BCUT2D eigenvalue weighted by Crippen LogP contribution is -2.23. The lowest BCUT2D eigenvalue weighted by Gasteiger charge is -2.26. The van der Waals surface area contributed by atoms with Gasteiger partial charge in [0, 0.05) is 31.7 Å². The van der Waals surface area contributed by atoms with Gasteiger partial charge in [-0.1, -0.05) is 0 Å². The quantitative estimate of drug-likeness (QED) is 0.885. The number of likely N-dealkylation sites (N-methyl/N-ethyl adjacent to an activating group) is 1. The molecule has 1 aliphatic carbocycles. The molecule has 0 amide bonds. The minimum Gasteiger partial charge on any atom is -0.445 e. The summed E-state index contributed by atoms with van der Waals surface area (Å²) >= 11 is 0. The van der Waals surface area contributed by atoms with Crippen LogP contribution in [-0.2, 0) is 6.42 Å². The van der Waals surface area contributed by atoms with Gasteiger partial charge in [0.05, 0.1) is 6.20 Å². The molecular formula is C12H18F2N2O. The molecule has 1 aromatic rings. The largest absolute Gasteiger partial charge is 0.445 e. The van der Waals surface area contributed by atoms with E-state index in [1.807, 2.05) is 7.05 Å². The maximum atomic E-state index is 13.0. The Hall–Kier alpha value is -0.970. The smallest absolute Gasteiger partial charge is 0.248 e. The molecule has 0 saturated heterocycles. The van der Waals surface area contributed by atoms with Gasteiger partial charge in [-0.25, -0.2) is 13.8 Å². The maximum absolute atomic E-state index is 13.0. The summed E-state index contributed by atoms with van der Waals surface area (Å²) in [6.07, 6.45) is 3.34. The summed E-state index contributed by atoms with van der Waals surface area (Å²) in [5.41, 5.74) is 0. The molecular weight excluding hydrogens is 226 g/mol. The first-order chi connectivity index (χ1) is 8.11. The van der Waals surface area contributed by atoms with Crippen molar-refractivity contribution in [1.82, 2.24) is 10.3 Å². The Morgan fingerprint density at radius 1 is 1.47 bits per heavy atom. The number of halogens is 2. The molecule has 0 radical (unpaired) electrons. The van der Waals surface area contributed by atoms with Crippen molar-refractivity contribution in [3.63, 3.8) is 0 Å². The number of aromatic nitrogens is 1. The summed E-state index contributed by atoms with van der Waals surface area (Å²) in [4.78, 5) is 4.17. The highest BCUT2D eigenvalue weighted by Crippen LogP contribution is 2.40. The van der Waals surface area contributed by atoms with Gasteiger partial charge < -0.3 is 9.73 Å². The molecule has 0 unspecified atom stereocenters. The highest BCUT2D eigenvalue weighted by atomic mass is 19.3. The molecule has 1 heterocycles. The monoisotopic (exact) mass is 244 g/mol. The Labute approximate surface area is 99.6 Å². The molecule has 0 atom stereocenters. The minimum absolute atomic E-state index is 0.0375. The second-order valence-electron chi connectivity index (χ2n) is 4.64. The Bertz CT molecular complexity index is 355. The van der Waals surface area contributed by atoms with Gasteiger partial charge in [0.2, 0.25) is 5.92 Å². The second kappa shape index (κ2) is 5.12. The highest BCUT2D eigenvalue weighted by molar-refractivity contribution is 5.04. The summed E-state index contributed by atoms with van der Waals surface area (Å²) in [6.45, 7) is 0.808. The van der Waals surface area contributed by atoms with E-state index in [0.717, 1.165) is 18.7 Å². The zero-order valence-electron chi connectivity index (χ0n) is 10.0. The summed E-state index contributed by atoms with van der Waals surface area (Å²) in [6, 6.07) is 0. The molecule has 17 heavy (non-hydrogen) atoms. The van der Waals surface area contributed by atoms with E-state index in [0.29, 0.717) is 18.7 Å². The molecule has 3 nitrogen and oxygen atoms in total. The van der Waals surface area contributed by atoms with Crippen LogP contribution < -0.4 is 5.32 Å². The van der Waals surface area contributed by atoms with Crippen molar-refractivity contribution in [1.29, 1.82) is 0 Å². The summed E-state index contributed by atoms with van der Waals surface area (Å²) in [7, 11) is 1.87. The molecule has 1 saturated carbocycles. The molecule has 2 rings (SSSR count). The normalized spacial score (nSPS) is 20.6. The van der Waals surface area contributed by atoms with Crippen LogP contribution in [0.3, 0.4) is 0 Å². The van der Waals surface area contributed by atoms with Gasteiger partial charge in [0.1, 0.15) is 5.76 Å². The molecule has 1 aliphatic rings. The Morgan fingerprint density at radius 3 is 2.82 bits per heavy atom. The fourth-order valence-corrected chi connectivity index (χ4v) is 2.19. The Balaban J connectivity index is 1.92. The summed E-state index contributed by atoms with van der Waals surface area (Å²) in [5, 5.41) is 3.02. The third-order valence-corrected chi connectivity index (χ3v) is 3.28. The fraction of sp³-hybridized carbons (Fsp3) is 0.750. The lowest BCUT2D eigenvalue weighted by atomic mass is 9.85. The van der Waals surface area contributed by atoms with Gasteiger partial charge >= 0.3 is 0 Å². The van der Waals surface area contributed by atoms with Crippen LogP contribution in [0.25, 0.3) is 0 Å². The third kappa shape index (κ3) is 3.25. The van der Waals surface area contributed by atoms with Crippen LogP contribution in [0.15, 0.2) is 10.6 Å². The fourth-order valence-electron chi connectivity index (χ4n) is 2.19. The predicted octanol–water partition coefficient (Wildman–Crippen LogP) is 2.73. The standard InChI is InChI=1S/C12H18F2N2O/c1-15-7-4-11-16-8-10(17-11)9-2-5-12(13,14)6-3-9/h8-9,15H,2-7H2,1H3. The first-order valence-corrected chi connectivity index (χ1v) is 6.08. The third-order valence-electron chi connectivity index (χ3n) is 3.28. The van der Waals surface area contributed by atoms with E-state index in [4.69, 9.17) is 4.42 Å². The summed E-state index contributed by atoms with van der Waals surface area (Å²) in [5.74, 6) is -0.908. The second-order valence-corrected chi connectivity index (χ2v) is 4.64. The zero-order valence-corrected chi connectivity index (χ0v) is 10.0. The van der Waals surface area contributed by atoms with Crippen LogP contribution in [0.5, 0.6) is 0 Å². The van der Waals surface area contributed by atoms with Gasteiger partial charge in [-0.3, -0.25) is 0 Å². The van der Waals surface area contributed by atoms with Crippen LogP contribution in [0.2, 0.25) is 0 Å². The molecule has 0 aliphatic heterocycles. The number of nitrogens with one attached hydrogen (secondary N) is 1. The zero-order chi connectivity index (χ0) is 12.3. The van der Waals surface area contributed by atoms with Crippen LogP contribution in [-0.4, -0.2) is 24.5 Å². The van der Waals surface area contributed by atoms with Crippen molar-refractivity contribution in [3.05, 3.63) is 17.8 Å². The molecule has 1 aromatic heterocycles. The molecule has 0 spiro atoms. The van der Waals surface area contributed by atoms with E-state index in [9.17, 15) is 8.78 Å². The number of hydrogen-bond donors (Lipinski definition) is 1. The minimum atomic E-state index is -2.48. The van der Waals surface area contributed by atoms with Gasteiger partial charge in [0.15, 0.2) is 5.89 Å². The SMILES string of the molecule is CNCCc1ncc(C2CCC(F)(F)CC2)o1. The number of nitrogens with zero attached hydrogens (tertiary/aromatic N) is 1. The van der Waals surface area contributed by atoms with E-state index >= 15 is 0 Å². The number of hydrogen-bond acceptors (Lipinski definition) is 3. The van der Waals surface area contributed by atoms with Crippen molar-refractivity contribution in [2.75, 3.05) is 13.6 Å². The van der Waals surface area contributed by atoms with Crippen molar-refractivity contribution < 1.29 is 13.2 Å². The van der Waals surface area contributed by atoms with Gasteiger partial charge in [-0.05, 0) is 19.9 Å². The molecule has 1 N–H and O–H groups in total. The topological polar surface area (TPSA) is 38.1 Å². The Morgan fingerprint density at radius 2 is 2.18 bits per heavy atom. The lowest BCUT2D eigenvalue weighted by molar-refractivity contribution is -0.0395. The molecule has 0 aromatic carbocycles. The van der Waals surface area contributed by atoms with E-state index in [-0.39, 0.29) is 18.8 Å². The van der Waals surface area contributed by atoms with Crippen LogP contribution >= 0.6 is 0 Å². The first-order valence-electron chi connectivity index (χ1n) is 6.08. The average Bonchev–Trinajstić information content (AvgIpc) is 2.75. The predicted molar refractivity (Wildman–Crippen MR) is 60.3 cm³/mol. The van der Waals surface area contributed by atoms with Crippen molar-refractivity contribution >= 4 is 0 Å². The molecule has 0 bridgehead atoms. The summed E-state index contributed by atoms with van der Waals surface area (Å²) < 4.78 is 31.6. The van der Waals surface area contributed by atoms with Gasteiger partial charge in [-0.2, -0.15) is 0 Å². The number of alkyl halides is 2. The van der Waals surface area contributed by atoms with Crippen molar-refractivity contribution in [2.45, 2.75) is 43.9 Å². The first kappa shape index (κ1) is 12.5. The molecule has 5 heteroatoms. The van der Waals surface area contributed by atoms with E-state index in [2.05, 4.69) is 10.3 Å². The van der Waals surface area contributed by atoms with Gasteiger partial charge in [-0.15, -0.1) is 0 Å². The van der Waals surface area contributed by atoms with E-state index in [1.165, 1.54) is 0 Å². The van der Waals surface area contributed by atoms with Crippen molar-refractivity contribution in [3.8, 4) is 0 Å².